The predicted octanol–water partition coefficient (Wildman–Crippen LogP) is 3.22. The van der Waals surface area contributed by atoms with Gasteiger partial charge in [0.15, 0.2) is 5.78 Å². The Labute approximate surface area is 168 Å². The quantitative estimate of drug-likeness (QED) is 0.655. The minimum absolute atomic E-state index is 0.0422. The molecule has 0 aliphatic heterocycles. The highest BCUT2D eigenvalue weighted by atomic mass is 16.5. The summed E-state index contributed by atoms with van der Waals surface area (Å²) < 4.78 is 6.19. The second kappa shape index (κ2) is 8.44. The maximum atomic E-state index is 13.1. The molecule has 3 rings (SSSR count). The first-order valence-electron chi connectivity index (χ1n) is 9.07. The van der Waals surface area contributed by atoms with Crippen molar-refractivity contribution in [3.05, 3.63) is 92.8 Å². The van der Waals surface area contributed by atoms with Gasteiger partial charge in [0, 0.05) is 12.1 Å². The first-order chi connectivity index (χ1) is 14.0. The number of hydrogen-bond donors (Lipinski definition) is 1. The number of carbonyl (C=O) groups excluding carboxylic acids is 1. The minimum Gasteiger partial charge on any atom is -0.497 e. The molecule has 29 heavy (non-hydrogen) atoms. The third kappa shape index (κ3) is 3.90. The van der Waals surface area contributed by atoms with E-state index in [9.17, 15) is 20.0 Å². The molecule has 0 saturated carbocycles. The van der Waals surface area contributed by atoms with Crippen LogP contribution < -0.4 is 10.3 Å². The van der Waals surface area contributed by atoms with E-state index in [0.717, 1.165) is 10.1 Å². The molecule has 0 spiro atoms. The number of aromatic hydroxyl groups is 1. The number of nitriles is 1. The number of methoxy groups -OCH3 is 1. The van der Waals surface area contributed by atoms with Crippen molar-refractivity contribution in [2.45, 2.75) is 19.9 Å². The van der Waals surface area contributed by atoms with E-state index in [2.05, 4.69) is 0 Å². The van der Waals surface area contributed by atoms with E-state index < -0.39 is 17.2 Å². The molecule has 0 aliphatic rings. The molecule has 2 aromatic carbocycles. The SMILES string of the molecule is COc1ccc(C(=O)c2c(C)c(C#N)c(=O)n(CCc3ccccc3)c2O)cc1. The predicted molar refractivity (Wildman–Crippen MR) is 108 cm³/mol. The monoisotopic (exact) mass is 388 g/mol. The van der Waals surface area contributed by atoms with E-state index in [-0.39, 0.29) is 23.2 Å². The summed E-state index contributed by atoms with van der Waals surface area (Å²) in [6.07, 6.45) is 0.471. The Hall–Kier alpha value is -3.85. The third-order valence-corrected chi connectivity index (χ3v) is 4.85. The van der Waals surface area contributed by atoms with Crippen LogP contribution >= 0.6 is 0 Å². The van der Waals surface area contributed by atoms with Crippen molar-refractivity contribution >= 4 is 5.78 Å². The van der Waals surface area contributed by atoms with Crippen LogP contribution in [0.3, 0.4) is 0 Å². The van der Waals surface area contributed by atoms with Crippen molar-refractivity contribution in [3.8, 4) is 17.7 Å². The molecule has 0 fully saturated rings. The van der Waals surface area contributed by atoms with E-state index in [1.165, 1.54) is 14.0 Å². The number of aryl methyl sites for hydroxylation is 1. The van der Waals surface area contributed by atoms with Gasteiger partial charge in [-0.15, -0.1) is 0 Å². The Morgan fingerprint density at radius 3 is 2.38 bits per heavy atom. The van der Waals surface area contributed by atoms with E-state index in [0.29, 0.717) is 17.7 Å². The molecule has 0 amide bonds. The number of hydrogen-bond acceptors (Lipinski definition) is 5. The van der Waals surface area contributed by atoms with Crippen LogP contribution in [-0.4, -0.2) is 22.6 Å². The molecule has 0 aliphatic carbocycles. The van der Waals surface area contributed by atoms with E-state index >= 15 is 0 Å². The van der Waals surface area contributed by atoms with Crippen molar-refractivity contribution in [2.75, 3.05) is 7.11 Å². The molecule has 146 valence electrons. The number of benzene rings is 2. The normalized spacial score (nSPS) is 10.4. The summed E-state index contributed by atoms with van der Waals surface area (Å²) in [5, 5.41) is 20.3. The molecule has 6 nitrogen and oxygen atoms in total. The zero-order valence-electron chi connectivity index (χ0n) is 16.2. The molecule has 0 bridgehead atoms. The minimum atomic E-state index is -0.607. The number of ether oxygens (including phenoxy) is 1. The van der Waals surface area contributed by atoms with Crippen molar-refractivity contribution in [1.82, 2.24) is 4.57 Å². The number of pyridine rings is 1. The summed E-state index contributed by atoms with van der Waals surface area (Å²) in [5.41, 5.74) is 0.672. The molecule has 6 heteroatoms. The number of rotatable bonds is 6. The average molecular weight is 388 g/mol. The molecule has 1 heterocycles. The second-order valence-corrected chi connectivity index (χ2v) is 6.56. The van der Waals surface area contributed by atoms with Crippen LogP contribution in [0.5, 0.6) is 11.6 Å². The van der Waals surface area contributed by atoms with Gasteiger partial charge in [-0.2, -0.15) is 5.26 Å². The van der Waals surface area contributed by atoms with Crippen LogP contribution in [0.1, 0.15) is 32.6 Å². The highest BCUT2D eigenvalue weighted by Crippen LogP contribution is 2.26. The van der Waals surface area contributed by atoms with Crippen LogP contribution in [0.15, 0.2) is 59.4 Å². The Bertz CT molecular complexity index is 1140. The lowest BCUT2D eigenvalue weighted by atomic mass is 9.97. The molecule has 1 N–H and O–H groups in total. The van der Waals surface area contributed by atoms with Gasteiger partial charge in [0.25, 0.3) is 5.56 Å². The summed E-state index contributed by atoms with van der Waals surface area (Å²) in [4.78, 5) is 25.8. The maximum Gasteiger partial charge on any atom is 0.271 e. The van der Waals surface area contributed by atoms with Crippen molar-refractivity contribution < 1.29 is 14.6 Å². The van der Waals surface area contributed by atoms with Crippen LogP contribution in [0.4, 0.5) is 0 Å². The average Bonchev–Trinajstić information content (AvgIpc) is 2.74. The fraction of sp³-hybridized carbons (Fsp3) is 0.174. The zero-order valence-corrected chi connectivity index (χ0v) is 16.2. The lowest BCUT2D eigenvalue weighted by molar-refractivity contribution is 0.103. The molecule has 0 unspecified atom stereocenters. The highest BCUT2D eigenvalue weighted by Gasteiger charge is 2.24. The lowest BCUT2D eigenvalue weighted by Crippen LogP contribution is -2.27. The Balaban J connectivity index is 2.07. The van der Waals surface area contributed by atoms with Crippen LogP contribution in [0.25, 0.3) is 0 Å². The van der Waals surface area contributed by atoms with Gasteiger partial charge in [-0.3, -0.25) is 14.2 Å². The maximum absolute atomic E-state index is 13.1. The molecule has 3 aromatic rings. The van der Waals surface area contributed by atoms with E-state index in [1.807, 2.05) is 36.4 Å². The number of carbonyl (C=O) groups is 1. The fourth-order valence-electron chi connectivity index (χ4n) is 3.20. The Morgan fingerprint density at radius 1 is 1.14 bits per heavy atom. The van der Waals surface area contributed by atoms with E-state index in [1.54, 1.807) is 24.3 Å². The number of ketones is 1. The third-order valence-electron chi connectivity index (χ3n) is 4.85. The summed E-state index contributed by atoms with van der Waals surface area (Å²) in [6.45, 7) is 1.64. The van der Waals surface area contributed by atoms with Gasteiger partial charge in [-0.25, -0.2) is 0 Å². The second-order valence-electron chi connectivity index (χ2n) is 6.56. The van der Waals surface area contributed by atoms with Gasteiger partial charge in [0.1, 0.15) is 17.4 Å². The summed E-state index contributed by atoms with van der Waals surface area (Å²) in [6, 6.07) is 17.8. The topological polar surface area (TPSA) is 92.3 Å². The van der Waals surface area contributed by atoms with Gasteiger partial charge in [0.05, 0.1) is 12.7 Å². The van der Waals surface area contributed by atoms with Gasteiger partial charge in [-0.1, -0.05) is 30.3 Å². The Kier molecular flexibility index (Phi) is 5.79. The summed E-state index contributed by atoms with van der Waals surface area (Å²) in [5.74, 6) is -0.302. The zero-order chi connectivity index (χ0) is 21.0. The number of nitrogens with zero attached hydrogens (tertiary/aromatic N) is 2. The first kappa shape index (κ1) is 19.9. The van der Waals surface area contributed by atoms with Crippen molar-refractivity contribution in [1.29, 1.82) is 5.26 Å². The van der Waals surface area contributed by atoms with Gasteiger partial charge >= 0.3 is 0 Å². The van der Waals surface area contributed by atoms with Crippen molar-refractivity contribution in [3.63, 3.8) is 0 Å². The molecule has 0 saturated heterocycles. The van der Waals surface area contributed by atoms with Gasteiger partial charge in [0.2, 0.25) is 5.88 Å². The molecule has 0 atom stereocenters. The highest BCUT2D eigenvalue weighted by molar-refractivity contribution is 6.11. The molecule has 0 radical (unpaired) electrons. The standard InChI is InChI=1S/C23H20N2O4/c1-15-19(14-24)22(27)25(13-12-16-6-4-3-5-7-16)23(28)20(15)21(26)17-8-10-18(29-2)11-9-17/h3-11,28H,12-13H2,1-2H3. The lowest BCUT2D eigenvalue weighted by Gasteiger charge is -2.16. The van der Waals surface area contributed by atoms with Crippen LogP contribution in [0, 0.1) is 18.3 Å². The van der Waals surface area contributed by atoms with Crippen LogP contribution in [0.2, 0.25) is 0 Å². The summed E-state index contributed by atoms with van der Waals surface area (Å²) >= 11 is 0. The van der Waals surface area contributed by atoms with E-state index in [4.69, 9.17) is 4.74 Å². The molecule has 1 aromatic heterocycles. The van der Waals surface area contributed by atoms with Crippen LogP contribution in [-0.2, 0) is 13.0 Å². The van der Waals surface area contributed by atoms with Gasteiger partial charge < -0.3 is 9.84 Å². The largest absolute Gasteiger partial charge is 0.497 e. The first-order valence-corrected chi connectivity index (χ1v) is 9.07. The molecular weight excluding hydrogens is 368 g/mol. The van der Waals surface area contributed by atoms with Gasteiger partial charge in [-0.05, 0) is 48.7 Å². The smallest absolute Gasteiger partial charge is 0.271 e. The molecular formula is C23H20N2O4. The summed E-state index contributed by atoms with van der Waals surface area (Å²) in [7, 11) is 1.52. The van der Waals surface area contributed by atoms with Crippen molar-refractivity contribution in [2.24, 2.45) is 0 Å². The Morgan fingerprint density at radius 2 is 1.79 bits per heavy atom. The fourth-order valence-corrected chi connectivity index (χ4v) is 3.20. The number of aromatic nitrogens is 1.